The fourth-order valence-electron chi connectivity index (χ4n) is 1.69. The van der Waals surface area contributed by atoms with Gasteiger partial charge in [-0.2, -0.15) is 0 Å². The second kappa shape index (κ2) is 8.30. The SMILES string of the molecule is CC(C)CC(O)CNC(=O)/C=C/c1ccc(Cl)c(Cl)c1. The molecule has 2 N–H and O–H groups in total. The zero-order chi connectivity index (χ0) is 15.1. The average Bonchev–Trinajstić information content (AvgIpc) is 2.37. The zero-order valence-electron chi connectivity index (χ0n) is 11.6. The molecular weight excluding hydrogens is 297 g/mol. The van der Waals surface area contributed by atoms with Gasteiger partial charge in [-0.25, -0.2) is 0 Å². The lowest BCUT2D eigenvalue weighted by molar-refractivity contribution is -0.116. The van der Waals surface area contributed by atoms with Gasteiger partial charge in [-0.05, 0) is 36.1 Å². The summed E-state index contributed by atoms with van der Waals surface area (Å²) in [6.07, 6.45) is 3.20. The van der Waals surface area contributed by atoms with Gasteiger partial charge >= 0.3 is 0 Å². The Morgan fingerprint density at radius 1 is 1.35 bits per heavy atom. The molecule has 1 amide bonds. The van der Waals surface area contributed by atoms with Crippen molar-refractivity contribution in [1.29, 1.82) is 0 Å². The highest BCUT2D eigenvalue weighted by atomic mass is 35.5. The molecule has 0 spiro atoms. The summed E-state index contributed by atoms with van der Waals surface area (Å²) in [5.41, 5.74) is 0.789. The van der Waals surface area contributed by atoms with Gasteiger partial charge in [0.15, 0.2) is 0 Å². The van der Waals surface area contributed by atoms with Gasteiger partial charge in [0.25, 0.3) is 0 Å². The minimum Gasteiger partial charge on any atom is -0.391 e. The van der Waals surface area contributed by atoms with E-state index < -0.39 is 6.10 Å². The molecule has 0 heterocycles. The zero-order valence-corrected chi connectivity index (χ0v) is 13.1. The van der Waals surface area contributed by atoms with E-state index in [1.54, 1.807) is 24.3 Å². The van der Waals surface area contributed by atoms with Crippen LogP contribution in [0.2, 0.25) is 10.0 Å². The average molecular weight is 316 g/mol. The lowest BCUT2D eigenvalue weighted by atomic mass is 10.1. The fraction of sp³-hybridized carbons (Fsp3) is 0.400. The first kappa shape index (κ1) is 17.0. The van der Waals surface area contributed by atoms with Crippen LogP contribution in [0, 0.1) is 5.92 Å². The Morgan fingerprint density at radius 2 is 2.05 bits per heavy atom. The summed E-state index contributed by atoms with van der Waals surface area (Å²) >= 11 is 11.7. The largest absolute Gasteiger partial charge is 0.391 e. The number of aliphatic hydroxyl groups excluding tert-OH is 1. The van der Waals surface area contributed by atoms with Crippen molar-refractivity contribution in [1.82, 2.24) is 5.32 Å². The Kier molecular flexibility index (Phi) is 7.06. The van der Waals surface area contributed by atoms with Gasteiger partial charge in [-0.3, -0.25) is 4.79 Å². The van der Waals surface area contributed by atoms with Crippen molar-refractivity contribution in [2.45, 2.75) is 26.4 Å². The van der Waals surface area contributed by atoms with Crippen LogP contribution in [0.4, 0.5) is 0 Å². The Morgan fingerprint density at radius 3 is 2.65 bits per heavy atom. The van der Waals surface area contributed by atoms with Crippen molar-refractivity contribution < 1.29 is 9.90 Å². The van der Waals surface area contributed by atoms with Gasteiger partial charge in [-0.15, -0.1) is 0 Å². The highest BCUT2D eigenvalue weighted by molar-refractivity contribution is 6.42. The molecule has 5 heteroatoms. The van der Waals surface area contributed by atoms with Crippen LogP contribution in [0.15, 0.2) is 24.3 Å². The molecule has 0 fully saturated rings. The number of carbonyl (C=O) groups excluding carboxylic acids is 1. The third kappa shape index (κ3) is 6.42. The summed E-state index contributed by atoms with van der Waals surface area (Å²) in [6, 6.07) is 5.13. The first-order valence-electron chi connectivity index (χ1n) is 6.47. The molecule has 1 unspecified atom stereocenters. The van der Waals surface area contributed by atoms with Crippen LogP contribution in [0.3, 0.4) is 0 Å². The molecule has 0 bridgehead atoms. The van der Waals surface area contributed by atoms with E-state index in [-0.39, 0.29) is 12.5 Å². The fourth-order valence-corrected chi connectivity index (χ4v) is 2.00. The summed E-state index contributed by atoms with van der Waals surface area (Å²) in [5.74, 6) is 0.146. The highest BCUT2D eigenvalue weighted by Crippen LogP contribution is 2.23. The minimum absolute atomic E-state index is 0.251. The number of halogens is 2. The Balaban J connectivity index is 2.45. The Hall–Kier alpha value is -1.03. The van der Waals surface area contributed by atoms with Gasteiger partial charge in [0.05, 0.1) is 16.1 Å². The first-order chi connectivity index (χ1) is 9.38. The van der Waals surface area contributed by atoms with Crippen LogP contribution in [0.25, 0.3) is 6.08 Å². The summed E-state index contributed by atoms with van der Waals surface area (Å²) in [7, 11) is 0. The van der Waals surface area contributed by atoms with Crippen molar-refractivity contribution >= 4 is 35.2 Å². The van der Waals surface area contributed by atoms with E-state index in [1.165, 1.54) is 6.08 Å². The number of rotatable bonds is 6. The van der Waals surface area contributed by atoms with E-state index in [2.05, 4.69) is 5.32 Å². The lowest BCUT2D eigenvalue weighted by Crippen LogP contribution is -2.31. The number of amides is 1. The van der Waals surface area contributed by atoms with Gasteiger partial charge in [0.1, 0.15) is 0 Å². The topological polar surface area (TPSA) is 49.3 Å². The number of hydrogen-bond acceptors (Lipinski definition) is 2. The van der Waals surface area contributed by atoms with Crippen molar-refractivity contribution in [2.75, 3.05) is 6.54 Å². The molecule has 0 aromatic heterocycles. The van der Waals surface area contributed by atoms with Gasteiger partial charge in [0.2, 0.25) is 5.91 Å². The number of benzene rings is 1. The Labute approximate surface area is 129 Å². The van der Waals surface area contributed by atoms with Crippen LogP contribution >= 0.6 is 23.2 Å². The predicted octanol–water partition coefficient (Wildman–Crippen LogP) is 3.53. The van der Waals surface area contributed by atoms with E-state index in [9.17, 15) is 9.90 Å². The molecule has 0 aliphatic rings. The normalized spacial score (nSPS) is 12.9. The van der Waals surface area contributed by atoms with E-state index in [1.807, 2.05) is 13.8 Å². The number of nitrogens with one attached hydrogen (secondary N) is 1. The van der Waals surface area contributed by atoms with Gasteiger partial charge < -0.3 is 10.4 Å². The lowest BCUT2D eigenvalue weighted by Gasteiger charge is -2.12. The molecular formula is C15H19Cl2NO2. The molecule has 20 heavy (non-hydrogen) atoms. The van der Waals surface area contributed by atoms with Crippen molar-refractivity contribution in [3.05, 3.63) is 39.9 Å². The molecule has 1 atom stereocenters. The third-order valence-electron chi connectivity index (χ3n) is 2.63. The maximum absolute atomic E-state index is 11.6. The van der Waals surface area contributed by atoms with Gasteiger partial charge in [0, 0.05) is 12.6 Å². The maximum Gasteiger partial charge on any atom is 0.244 e. The van der Waals surface area contributed by atoms with Crippen LogP contribution in [-0.4, -0.2) is 23.7 Å². The summed E-state index contributed by atoms with van der Waals surface area (Å²) < 4.78 is 0. The van der Waals surface area contributed by atoms with Crippen LogP contribution in [-0.2, 0) is 4.79 Å². The number of aliphatic hydroxyl groups is 1. The van der Waals surface area contributed by atoms with E-state index in [4.69, 9.17) is 23.2 Å². The minimum atomic E-state index is -0.516. The monoisotopic (exact) mass is 315 g/mol. The molecule has 0 saturated carbocycles. The van der Waals surface area contributed by atoms with E-state index in [0.717, 1.165) is 5.56 Å². The molecule has 0 aliphatic heterocycles. The number of hydrogen-bond donors (Lipinski definition) is 2. The van der Waals surface area contributed by atoms with Crippen LogP contribution in [0.5, 0.6) is 0 Å². The summed E-state index contributed by atoms with van der Waals surface area (Å²) in [4.78, 5) is 11.6. The second-order valence-electron chi connectivity index (χ2n) is 5.04. The van der Waals surface area contributed by atoms with E-state index >= 15 is 0 Å². The Bertz CT molecular complexity index is 487. The highest BCUT2D eigenvalue weighted by Gasteiger charge is 2.07. The predicted molar refractivity (Wildman–Crippen MR) is 84.0 cm³/mol. The first-order valence-corrected chi connectivity index (χ1v) is 7.23. The molecule has 1 aromatic rings. The van der Waals surface area contributed by atoms with Crippen LogP contribution < -0.4 is 5.32 Å². The molecule has 3 nitrogen and oxygen atoms in total. The molecule has 110 valence electrons. The molecule has 1 aromatic carbocycles. The van der Waals surface area contributed by atoms with Crippen LogP contribution in [0.1, 0.15) is 25.8 Å². The molecule has 1 rings (SSSR count). The van der Waals surface area contributed by atoms with Crippen molar-refractivity contribution in [3.63, 3.8) is 0 Å². The summed E-state index contributed by atoms with van der Waals surface area (Å²) in [5, 5.41) is 13.2. The van der Waals surface area contributed by atoms with E-state index in [0.29, 0.717) is 22.4 Å². The second-order valence-corrected chi connectivity index (χ2v) is 5.85. The standard InChI is InChI=1S/C15H19Cl2NO2/c1-10(2)7-12(19)9-18-15(20)6-4-11-3-5-13(16)14(17)8-11/h3-6,8,10,12,19H,7,9H2,1-2H3,(H,18,20)/b6-4+. The maximum atomic E-state index is 11.6. The summed E-state index contributed by atoms with van der Waals surface area (Å²) in [6.45, 7) is 4.30. The quantitative estimate of drug-likeness (QED) is 0.789. The third-order valence-corrected chi connectivity index (χ3v) is 3.37. The van der Waals surface area contributed by atoms with Crippen molar-refractivity contribution in [3.8, 4) is 0 Å². The molecule has 0 aliphatic carbocycles. The van der Waals surface area contributed by atoms with Gasteiger partial charge in [-0.1, -0.05) is 43.1 Å². The molecule has 0 radical (unpaired) electrons. The van der Waals surface area contributed by atoms with Crippen molar-refractivity contribution in [2.24, 2.45) is 5.92 Å². The molecule has 0 saturated heterocycles. The smallest absolute Gasteiger partial charge is 0.244 e. The number of carbonyl (C=O) groups is 1.